The van der Waals surface area contributed by atoms with Crippen molar-refractivity contribution in [3.63, 3.8) is 0 Å². The predicted octanol–water partition coefficient (Wildman–Crippen LogP) is 1.20. The molecule has 0 aliphatic carbocycles. The number of rotatable bonds is 8. The number of hydrogen-bond acceptors (Lipinski definition) is 5. The van der Waals surface area contributed by atoms with Crippen LogP contribution in [0.5, 0.6) is 0 Å². The normalized spacial score (nSPS) is 18.8. The monoisotopic (exact) mass is 397 g/mol. The number of carbonyl (C=O) groups is 2. The van der Waals surface area contributed by atoms with Crippen molar-refractivity contribution >= 4 is 27.5 Å². The summed E-state index contributed by atoms with van der Waals surface area (Å²) in [4.78, 5) is 26.1. The van der Waals surface area contributed by atoms with Gasteiger partial charge < -0.3 is 15.0 Å². The van der Waals surface area contributed by atoms with E-state index in [0.717, 1.165) is 0 Å². The smallest absolute Gasteiger partial charge is 0.240 e. The highest BCUT2D eigenvalue weighted by Crippen LogP contribution is 2.22. The highest BCUT2D eigenvalue weighted by Gasteiger charge is 2.35. The molecule has 9 heteroatoms. The third kappa shape index (κ3) is 5.50. The van der Waals surface area contributed by atoms with Gasteiger partial charge in [-0.25, -0.2) is 13.1 Å². The number of ether oxygens (including phenoxy) is 1. The molecular formula is C18H27N3O5S. The minimum atomic E-state index is -3.66. The molecule has 2 N–H and O–H groups in total. The first-order valence-corrected chi connectivity index (χ1v) is 10.3. The summed E-state index contributed by atoms with van der Waals surface area (Å²) in [5, 5.41) is 2.75. The Hall–Kier alpha value is -1.97. The van der Waals surface area contributed by atoms with Crippen LogP contribution in [-0.4, -0.2) is 57.5 Å². The van der Waals surface area contributed by atoms with Gasteiger partial charge in [0.15, 0.2) is 0 Å². The molecule has 1 aromatic carbocycles. The van der Waals surface area contributed by atoms with Crippen molar-refractivity contribution in [1.29, 1.82) is 0 Å². The summed E-state index contributed by atoms with van der Waals surface area (Å²) in [5.74, 6) is -0.670. The molecule has 1 saturated heterocycles. The molecule has 150 valence electrons. The van der Waals surface area contributed by atoms with Crippen LogP contribution >= 0.6 is 0 Å². The molecule has 2 amide bonds. The molecule has 2 rings (SSSR count). The molecule has 2 atom stereocenters. The van der Waals surface area contributed by atoms with E-state index >= 15 is 0 Å². The number of nitrogens with one attached hydrogen (secondary N) is 2. The summed E-state index contributed by atoms with van der Waals surface area (Å²) in [5.41, 5.74) is 0.485. The number of methoxy groups -OCH3 is 1. The predicted molar refractivity (Wildman–Crippen MR) is 102 cm³/mol. The van der Waals surface area contributed by atoms with Gasteiger partial charge in [0.2, 0.25) is 21.8 Å². The van der Waals surface area contributed by atoms with E-state index in [1.165, 1.54) is 31.4 Å². The number of anilines is 1. The number of likely N-dealkylation sites (tertiary alicyclic amines) is 1. The first-order valence-electron chi connectivity index (χ1n) is 8.85. The summed E-state index contributed by atoms with van der Waals surface area (Å²) in [6.45, 7) is 6.20. The van der Waals surface area contributed by atoms with Gasteiger partial charge in [0.25, 0.3) is 0 Å². The first-order chi connectivity index (χ1) is 12.6. The van der Waals surface area contributed by atoms with Crippen molar-refractivity contribution in [2.75, 3.05) is 25.6 Å². The molecule has 1 fully saturated rings. The molecule has 1 heterocycles. The third-order valence-electron chi connectivity index (χ3n) is 4.36. The Balaban J connectivity index is 1.99. The average molecular weight is 397 g/mol. The fourth-order valence-corrected chi connectivity index (χ4v) is 4.21. The van der Waals surface area contributed by atoms with Crippen LogP contribution in [0.15, 0.2) is 29.2 Å². The van der Waals surface area contributed by atoms with E-state index in [1.807, 2.05) is 13.8 Å². The van der Waals surface area contributed by atoms with Crippen LogP contribution in [0, 0.1) is 5.92 Å². The largest absolute Gasteiger partial charge is 0.383 e. The summed E-state index contributed by atoms with van der Waals surface area (Å²) >= 11 is 0. The van der Waals surface area contributed by atoms with Gasteiger partial charge >= 0.3 is 0 Å². The number of benzene rings is 1. The molecule has 0 saturated carbocycles. The minimum absolute atomic E-state index is 0.0251. The van der Waals surface area contributed by atoms with E-state index in [1.54, 1.807) is 11.8 Å². The molecule has 0 bridgehead atoms. The Kier molecular flexibility index (Phi) is 6.96. The second-order valence-electron chi connectivity index (χ2n) is 7.03. The van der Waals surface area contributed by atoms with Crippen LogP contribution < -0.4 is 10.0 Å². The molecular weight excluding hydrogens is 370 g/mol. The lowest BCUT2D eigenvalue weighted by molar-refractivity contribution is -0.129. The number of carbonyl (C=O) groups excluding carboxylic acids is 2. The Morgan fingerprint density at radius 2 is 1.89 bits per heavy atom. The molecule has 0 radical (unpaired) electrons. The van der Waals surface area contributed by atoms with Gasteiger partial charge in [-0.15, -0.1) is 0 Å². The lowest BCUT2D eigenvalue weighted by atomic mass is 10.1. The van der Waals surface area contributed by atoms with E-state index in [4.69, 9.17) is 4.74 Å². The summed E-state index contributed by atoms with van der Waals surface area (Å²) in [6, 6.07) is 5.63. The van der Waals surface area contributed by atoms with Crippen molar-refractivity contribution < 1.29 is 22.7 Å². The second-order valence-corrected chi connectivity index (χ2v) is 8.75. The highest BCUT2D eigenvalue weighted by molar-refractivity contribution is 7.89. The third-order valence-corrected chi connectivity index (χ3v) is 5.96. The Morgan fingerprint density at radius 3 is 2.41 bits per heavy atom. The maximum atomic E-state index is 12.4. The molecule has 8 nitrogen and oxygen atoms in total. The van der Waals surface area contributed by atoms with Crippen molar-refractivity contribution in [3.8, 4) is 0 Å². The molecule has 1 aromatic rings. The fraction of sp³-hybridized carbons (Fsp3) is 0.556. The highest BCUT2D eigenvalue weighted by atomic mass is 32.2. The van der Waals surface area contributed by atoms with Crippen LogP contribution in [0.2, 0.25) is 0 Å². The lowest BCUT2D eigenvalue weighted by Gasteiger charge is -2.20. The van der Waals surface area contributed by atoms with E-state index < -0.39 is 15.9 Å². The van der Waals surface area contributed by atoms with Crippen molar-refractivity contribution in [1.82, 2.24) is 9.62 Å². The quantitative estimate of drug-likeness (QED) is 0.686. The van der Waals surface area contributed by atoms with Crippen molar-refractivity contribution in [2.45, 2.75) is 44.2 Å². The summed E-state index contributed by atoms with van der Waals surface area (Å²) in [6.07, 6.45) is 0.192. The molecule has 0 spiro atoms. The lowest BCUT2D eigenvalue weighted by Crippen LogP contribution is -2.35. The van der Waals surface area contributed by atoms with Gasteiger partial charge in [-0.1, -0.05) is 0 Å². The zero-order valence-electron chi connectivity index (χ0n) is 16.1. The van der Waals surface area contributed by atoms with Gasteiger partial charge in [-0.3, -0.25) is 9.59 Å². The fourth-order valence-electron chi connectivity index (χ4n) is 2.98. The van der Waals surface area contributed by atoms with E-state index in [-0.39, 0.29) is 41.8 Å². The standard InChI is InChI=1S/C18H27N3O5S/c1-12(2)21-10-14(9-17(21)22)18(23)19-15-5-7-16(8-6-15)27(24,25)20-13(3)11-26-4/h5-8,12-14,20H,9-11H2,1-4H3,(H,19,23). The van der Waals surface area contributed by atoms with Crippen LogP contribution in [0.1, 0.15) is 27.2 Å². The SMILES string of the molecule is COCC(C)NS(=O)(=O)c1ccc(NC(=O)C2CC(=O)N(C(C)C)C2)cc1. The molecule has 1 aliphatic heterocycles. The van der Waals surface area contributed by atoms with Crippen molar-refractivity contribution in [3.05, 3.63) is 24.3 Å². The van der Waals surface area contributed by atoms with E-state index in [9.17, 15) is 18.0 Å². The van der Waals surface area contributed by atoms with Gasteiger partial charge in [0, 0.05) is 37.8 Å². The molecule has 0 aromatic heterocycles. The molecule has 2 unspecified atom stereocenters. The Labute approximate surface area is 160 Å². The Bertz CT molecular complexity index is 777. The number of sulfonamides is 1. The topological polar surface area (TPSA) is 105 Å². The molecule has 27 heavy (non-hydrogen) atoms. The zero-order chi connectivity index (χ0) is 20.2. The van der Waals surface area contributed by atoms with Gasteiger partial charge in [0.05, 0.1) is 17.4 Å². The second kappa shape index (κ2) is 8.81. The van der Waals surface area contributed by atoms with Gasteiger partial charge in [-0.2, -0.15) is 0 Å². The van der Waals surface area contributed by atoms with Crippen LogP contribution in [0.25, 0.3) is 0 Å². The molecule has 1 aliphatic rings. The summed E-state index contributed by atoms with van der Waals surface area (Å²) < 4.78 is 32.0. The number of hydrogen-bond donors (Lipinski definition) is 2. The van der Waals surface area contributed by atoms with Crippen LogP contribution in [0.4, 0.5) is 5.69 Å². The van der Waals surface area contributed by atoms with Gasteiger partial charge in [0.1, 0.15) is 0 Å². The van der Waals surface area contributed by atoms with E-state index in [2.05, 4.69) is 10.0 Å². The Morgan fingerprint density at radius 1 is 1.26 bits per heavy atom. The van der Waals surface area contributed by atoms with Crippen LogP contribution in [-0.2, 0) is 24.3 Å². The van der Waals surface area contributed by atoms with Crippen molar-refractivity contribution in [2.24, 2.45) is 5.92 Å². The van der Waals surface area contributed by atoms with E-state index in [0.29, 0.717) is 12.2 Å². The van der Waals surface area contributed by atoms with Crippen LogP contribution in [0.3, 0.4) is 0 Å². The number of amides is 2. The number of nitrogens with zero attached hydrogens (tertiary/aromatic N) is 1. The maximum Gasteiger partial charge on any atom is 0.240 e. The van der Waals surface area contributed by atoms with Gasteiger partial charge in [-0.05, 0) is 45.0 Å². The summed E-state index contributed by atoms with van der Waals surface area (Å²) in [7, 11) is -2.16. The maximum absolute atomic E-state index is 12.4. The average Bonchev–Trinajstić information content (AvgIpc) is 2.97. The first kappa shape index (κ1) is 21.3. The zero-order valence-corrected chi connectivity index (χ0v) is 16.9. The minimum Gasteiger partial charge on any atom is -0.383 e.